The molecular weight excluding hydrogens is 396 g/mol. The smallest absolute Gasteiger partial charge is 0.251 e. The second-order valence-corrected chi connectivity index (χ2v) is 9.07. The van der Waals surface area contributed by atoms with Crippen molar-refractivity contribution in [2.24, 2.45) is 0 Å². The number of nitrogens with zero attached hydrogens (tertiary/aromatic N) is 4. The minimum atomic E-state index is -0.365. The summed E-state index contributed by atoms with van der Waals surface area (Å²) in [4.78, 5) is 36.5. The van der Waals surface area contributed by atoms with Gasteiger partial charge in [-0.15, -0.1) is 0 Å². The molecule has 7 heteroatoms. The minimum Gasteiger partial charge on any atom is -0.345 e. The molecule has 2 fully saturated rings. The number of carbonyl (C=O) groups is 2. The lowest BCUT2D eigenvalue weighted by molar-refractivity contribution is -0.123. The molecule has 6 nitrogen and oxygen atoms in total. The second kappa shape index (κ2) is 7.49. The van der Waals surface area contributed by atoms with Gasteiger partial charge < -0.3 is 4.90 Å². The van der Waals surface area contributed by atoms with Gasteiger partial charge in [-0.2, -0.15) is 0 Å². The molecule has 154 valence electrons. The van der Waals surface area contributed by atoms with Crippen LogP contribution >= 0.6 is 11.3 Å². The molecule has 5 rings (SSSR count). The number of imide groups is 1. The average Bonchev–Trinajstić information content (AvgIpc) is 3.30. The van der Waals surface area contributed by atoms with Crippen LogP contribution < -0.4 is 9.80 Å². The second-order valence-electron chi connectivity index (χ2n) is 8.06. The molecular formula is C23H24N4O2S. The van der Waals surface area contributed by atoms with Gasteiger partial charge in [0.05, 0.1) is 28.4 Å². The Morgan fingerprint density at radius 2 is 1.77 bits per heavy atom. The number of fused-ring (bicyclic) bond motifs is 1. The molecule has 0 unspecified atom stereocenters. The zero-order valence-electron chi connectivity index (χ0n) is 17.2. The van der Waals surface area contributed by atoms with Crippen LogP contribution in [0.4, 0.5) is 10.8 Å². The van der Waals surface area contributed by atoms with Crippen LogP contribution in [-0.4, -0.2) is 53.9 Å². The molecule has 2 aliphatic heterocycles. The molecule has 1 aromatic heterocycles. The maximum atomic E-state index is 13.2. The van der Waals surface area contributed by atoms with Crippen molar-refractivity contribution >= 4 is 44.2 Å². The molecule has 2 saturated heterocycles. The summed E-state index contributed by atoms with van der Waals surface area (Å²) in [6.07, 6.45) is 0.257. The van der Waals surface area contributed by atoms with E-state index in [2.05, 4.69) is 15.9 Å². The summed E-state index contributed by atoms with van der Waals surface area (Å²) < 4.78 is 1.19. The minimum absolute atomic E-state index is 0.0969. The zero-order chi connectivity index (χ0) is 20.8. The van der Waals surface area contributed by atoms with Crippen molar-refractivity contribution in [3.8, 4) is 0 Å². The monoisotopic (exact) mass is 420 g/mol. The van der Waals surface area contributed by atoms with Crippen LogP contribution in [0.2, 0.25) is 0 Å². The number of thiazole rings is 1. The first-order chi connectivity index (χ1) is 14.5. The molecule has 0 N–H and O–H groups in total. The molecule has 2 amide bonds. The summed E-state index contributed by atoms with van der Waals surface area (Å²) in [7, 11) is 0. The topological polar surface area (TPSA) is 56.8 Å². The summed E-state index contributed by atoms with van der Waals surface area (Å²) >= 11 is 1.71. The molecule has 3 heterocycles. The lowest BCUT2D eigenvalue weighted by Gasteiger charge is -2.36. The van der Waals surface area contributed by atoms with E-state index in [0.717, 1.165) is 48.0 Å². The number of aryl methyl sites for hydroxylation is 2. The highest BCUT2D eigenvalue weighted by Gasteiger charge is 2.43. The maximum Gasteiger partial charge on any atom is 0.251 e. The number of anilines is 2. The summed E-state index contributed by atoms with van der Waals surface area (Å²) in [5.74, 6) is -0.203. The van der Waals surface area contributed by atoms with E-state index in [-0.39, 0.29) is 24.3 Å². The van der Waals surface area contributed by atoms with Gasteiger partial charge in [-0.1, -0.05) is 41.2 Å². The van der Waals surface area contributed by atoms with Gasteiger partial charge in [-0.25, -0.2) is 9.88 Å². The predicted molar refractivity (Wildman–Crippen MR) is 120 cm³/mol. The normalized spacial score (nSPS) is 20.5. The van der Waals surface area contributed by atoms with Crippen LogP contribution in [0.3, 0.4) is 0 Å². The molecule has 0 aliphatic carbocycles. The molecule has 0 bridgehead atoms. The van der Waals surface area contributed by atoms with Gasteiger partial charge in [0, 0.05) is 26.2 Å². The van der Waals surface area contributed by atoms with Gasteiger partial charge in [0.25, 0.3) is 5.91 Å². The van der Waals surface area contributed by atoms with Crippen molar-refractivity contribution in [2.45, 2.75) is 26.3 Å². The summed E-state index contributed by atoms with van der Waals surface area (Å²) in [5.41, 5.74) is 3.82. The maximum absolute atomic E-state index is 13.2. The fourth-order valence-electron chi connectivity index (χ4n) is 4.43. The molecule has 30 heavy (non-hydrogen) atoms. The van der Waals surface area contributed by atoms with Crippen LogP contribution in [0.25, 0.3) is 10.2 Å². The number of hydrogen-bond donors (Lipinski definition) is 0. The Balaban J connectivity index is 1.29. The van der Waals surface area contributed by atoms with Crippen LogP contribution in [0, 0.1) is 13.8 Å². The van der Waals surface area contributed by atoms with Gasteiger partial charge in [0.2, 0.25) is 5.91 Å². The largest absolute Gasteiger partial charge is 0.345 e. The van der Waals surface area contributed by atoms with Gasteiger partial charge >= 0.3 is 0 Å². The zero-order valence-corrected chi connectivity index (χ0v) is 18.0. The van der Waals surface area contributed by atoms with Crippen LogP contribution in [0.1, 0.15) is 17.5 Å². The van der Waals surface area contributed by atoms with Crippen molar-refractivity contribution in [3.05, 3.63) is 53.6 Å². The molecule has 2 aromatic carbocycles. The number of aromatic nitrogens is 1. The van der Waals surface area contributed by atoms with Crippen molar-refractivity contribution in [2.75, 3.05) is 36.0 Å². The quantitative estimate of drug-likeness (QED) is 0.608. The molecule has 3 aromatic rings. The highest BCUT2D eigenvalue weighted by Crippen LogP contribution is 2.32. The first-order valence-electron chi connectivity index (χ1n) is 10.3. The van der Waals surface area contributed by atoms with Crippen molar-refractivity contribution in [1.29, 1.82) is 0 Å². The van der Waals surface area contributed by atoms with E-state index in [4.69, 9.17) is 4.98 Å². The highest BCUT2D eigenvalue weighted by atomic mass is 32.1. The number of para-hydroxylation sites is 1. The van der Waals surface area contributed by atoms with Gasteiger partial charge in [0.15, 0.2) is 5.13 Å². The van der Waals surface area contributed by atoms with Gasteiger partial charge in [0.1, 0.15) is 0 Å². The molecule has 1 atom stereocenters. The van der Waals surface area contributed by atoms with E-state index in [9.17, 15) is 9.59 Å². The highest BCUT2D eigenvalue weighted by molar-refractivity contribution is 7.22. The molecule has 0 radical (unpaired) electrons. The third-order valence-electron chi connectivity index (χ3n) is 6.02. The van der Waals surface area contributed by atoms with E-state index in [0.29, 0.717) is 5.69 Å². The number of rotatable bonds is 3. The van der Waals surface area contributed by atoms with E-state index < -0.39 is 0 Å². The van der Waals surface area contributed by atoms with Crippen LogP contribution in [0.15, 0.2) is 42.5 Å². The molecule has 0 saturated carbocycles. The summed E-state index contributed by atoms with van der Waals surface area (Å²) in [6, 6.07) is 13.7. The van der Waals surface area contributed by atoms with Crippen molar-refractivity contribution < 1.29 is 9.59 Å². The number of hydrogen-bond acceptors (Lipinski definition) is 6. The Labute approximate surface area is 179 Å². The lowest BCUT2D eigenvalue weighted by atomic mass is 10.1. The summed E-state index contributed by atoms with van der Waals surface area (Å²) in [6.45, 7) is 7.08. The standard InChI is InChI=1S/C23H24N4O2S/c1-15-7-8-18(16(2)13-15)27-21(28)14-19(22(27)29)25-9-11-26(12-10-25)23-24-17-5-3-4-6-20(17)30-23/h3-8,13,19H,9-12,14H2,1-2H3/t19-/m1/s1. The third-order valence-corrected chi connectivity index (χ3v) is 7.12. The third kappa shape index (κ3) is 3.28. The first-order valence-corrected chi connectivity index (χ1v) is 11.1. The Morgan fingerprint density at radius 3 is 2.50 bits per heavy atom. The summed E-state index contributed by atoms with van der Waals surface area (Å²) in [5, 5.41) is 1.03. The number of amides is 2. The Hall–Kier alpha value is -2.77. The van der Waals surface area contributed by atoms with E-state index in [1.807, 2.05) is 50.2 Å². The van der Waals surface area contributed by atoms with E-state index in [1.54, 1.807) is 11.3 Å². The molecule has 2 aliphatic rings. The predicted octanol–water partition coefficient (Wildman–Crippen LogP) is 3.37. The van der Waals surface area contributed by atoms with Gasteiger partial charge in [-0.05, 0) is 37.6 Å². The van der Waals surface area contributed by atoms with Crippen molar-refractivity contribution in [3.63, 3.8) is 0 Å². The van der Waals surface area contributed by atoms with E-state index in [1.165, 1.54) is 9.60 Å². The van der Waals surface area contributed by atoms with Crippen molar-refractivity contribution in [1.82, 2.24) is 9.88 Å². The van der Waals surface area contributed by atoms with E-state index >= 15 is 0 Å². The van der Waals surface area contributed by atoms with Gasteiger partial charge in [-0.3, -0.25) is 14.5 Å². The fraction of sp³-hybridized carbons (Fsp3) is 0.348. The fourth-order valence-corrected chi connectivity index (χ4v) is 5.45. The van der Waals surface area contributed by atoms with Crippen LogP contribution in [0.5, 0.6) is 0 Å². The number of carbonyl (C=O) groups excluding carboxylic acids is 2. The first kappa shape index (κ1) is 19.2. The Morgan fingerprint density at radius 1 is 1.00 bits per heavy atom. The number of piperazine rings is 1. The lowest BCUT2D eigenvalue weighted by Crippen LogP contribution is -2.52. The van der Waals surface area contributed by atoms with Crippen LogP contribution in [-0.2, 0) is 9.59 Å². The average molecular weight is 421 g/mol. The molecule has 0 spiro atoms. The Kier molecular flexibility index (Phi) is 4.79. The number of benzene rings is 2. The SMILES string of the molecule is Cc1ccc(N2C(=O)C[C@@H](N3CCN(c4nc5ccccc5s4)CC3)C2=O)c(C)c1. The Bertz CT molecular complexity index is 1100.